The lowest BCUT2D eigenvalue weighted by Crippen LogP contribution is -2.30. The van der Waals surface area contributed by atoms with Crippen molar-refractivity contribution in [1.82, 2.24) is 15.2 Å². The molecule has 0 saturated carbocycles. The number of carbonyl (C=O) groups is 1. The van der Waals surface area contributed by atoms with Gasteiger partial charge in [-0.2, -0.15) is 10.2 Å². The predicted octanol–water partition coefficient (Wildman–Crippen LogP) is 3.86. The van der Waals surface area contributed by atoms with Crippen molar-refractivity contribution in [1.29, 1.82) is 0 Å². The summed E-state index contributed by atoms with van der Waals surface area (Å²) in [5.74, 6) is 0.00216. The fraction of sp³-hybridized carbons (Fsp3) is 0.273. The second-order valence-corrected chi connectivity index (χ2v) is 7.26. The number of fused-ring (bicyclic) bond motifs is 1. The highest BCUT2D eigenvalue weighted by Crippen LogP contribution is 2.15. The molecule has 0 saturated heterocycles. The van der Waals surface area contributed by atoms with Crippen LogP contribution in [0.3, 0.4) is 0 Å². The van der Waals surface area contributed by atoms with Gasteiger partial charge in [-0.3, -0.25) is 9.59 Å². The molecule has 3 aromatic rings. The summed E-state index contributed by atoms with van der Waals surface area (Å²) in [6.07, 6.45) is 1.59. The van der Waals surface area contributed by atoms with Crippen molar-refractivity contribution in [2.24, 2.45) is 5.10 Å². The van der Waals surface area contributed by atoms with Gasteiger partial charge in [-0.25, -0.2) is 10.1 Å². The third-order valence-corrected chi connectivity index (χ3v) is 4.52. The van der Waals surface area contributed by atoms with Gasteiger partial charge in [-0.15, -0.1) is 0 Å². The Morgan fingerprint density at radius 2 is 1.68 bits per heavy atom. The molecule has 1 N–H and O–H groups in total. The van der Waals surface area contributed by atoms with Crippen LogP contribution in [0.2, 0.25) is 0 Å². The average Bonchev–Trinajstić information content (AvgIpc) is 2.68. The van der Waals surface area contributed by atoms with E-state index in [-0.39, 0.29) is 17.3 Å². The zero-order valence-electron chi connectivity index (χ0n) is 16.5. The van der Waals surface area contributed by atoms with Crippen LogP contribution in [0.15, 0.2) is 58.4 Å². The van der Waals surface area contributed by atoms with Gasteiger partial charge >= 0.3 is 0 Å². The summed E-state index contributed by atoms with van der Waals surface area (Å²) in [6, 6.07) is 14.8. The number of benzene rings is 2. The molecule has 0 fully saturated rings. The Morgan fingerprint density at radius 1 is 1.04 bits per heavy atom. The normalized spacial score (nSPS) is 11.6. The smallest absolute Gasteiger partial charge is 0.267 e. The van der Waals surface area contributed by atoms with Crippen LogP contribution >= 0.6 is 0 Å². The van der Waals surface area contributed by atoms with Gasteiger partial charge in [0.05, 0.1) is 17.6 Å². The van der Waals surface area contributed by atoms with E-state index in [9.17, 15) is 9.59 Å². The van der Waals surface area contributed by atoms with E-state index < -0.39 is 5.91 Å². The predicted molar refractivity (Wildman–Crippen MR) is 112 cm³/mol. The average molecular weight is 376 g/mol. The number of rotatable bonds is 5. The Balaban J connectivity index is 1.87. The van der Waals surface area contributed by atoms with Crippen molar-refractivity contribution in [3.63, 3.8) is 0 Å². The minimum Gasteiger partial charge on any atom is -0.267 e. The highest BCUT2D eigenvalue weighted by Gasteiger charge is 2.17. The first kappa shape index (κ1) is 19.5. The summed E-state index contributed by atoms with van der Waals surface area (Å²) in [5, 5.41) is 9.29. The van der Waals surface area contributed by atoms with Crippen LogP contribution < -0.4 is 11.0 Å². The van der Waals surface area contributed by atoms with Crippen molar-refractivity contribution in [2.45, 2.75) is 39.7 Å². The number of carbonyl (C=O) groups excluding carboxylic acids is 1. The fourth-order valence-corrected chi connectivity index (χ4v) is 2.91. The first-order valence-corrected chi connectivity index (χ1v) is 9.33. The van der Waals surface area contributed by atoms with Crippen LogP contribution in [0.4, 0.5) is 0 Å². The maximum absolute atomic E-state index is 12.7. The number of hydrogen-bond donors (Lipinski definition) is 1. The van der Waals surface area contributed by atoms with E-state index in [0.29, 0.717) is 16.7 Å². The van der Waals surface area contributed by atoms with E-state index in [1.54, 1.807) is 30.5 Å². The Labute approximate surface area is 163 Å². The SMILES string of the molecule is CC(C)c1ccc(/C=N\NC(=O)c2nn(C(C)C)c(=O)c3ccccc23)cc1. The zero-order valence-corrected chi connectivity index (χ0v) is 16.5. The molecule has 1 amide bonds. The molecule has 1 aromatic heterocycles. The Kier molecular flexibility index (Phi) is 5.68. The molecule has 1 heterocycles. The standard InChI is InChI=1S/C22H24N4O2/c1-14(2)17-11-9-16(10-12-17)13-23-24-21(27)20-18-7-5-6-8-19(18)22(28)26(25-20)15(3)4/h5-15H,1-4H3,(H,24,27)/b23-13-. The number of nitrogens with one attached hydrogen (secondary N) is 1. The van der Waals surface area contributed by atoms with E-state index in [0.717, 1.165) is 5.56 Å². The number of aromatic nitrogens is 2. The number of hydrazone groups is 1. The van der Waals surface area contributed by atoms with Crippen LogP contribution in [0.25, 0.3) is 10.8 Å². The molecule has 0 aliphatic carbocycles. The summed E-state index contributed by atoms with van der Waals surface area (Å²) < 4.78 is 1.33. The second kappa shape index (κ2) is 8.17. The van der Waals surface area contributed by atoms with Crippen LogP contribution in [0.1, 0.15) is 61.3 Å². The quantitative estimate of drug-likeness (QED) is 0.542. The summed E-state index contributed by atoms with van der Waals surface area (Å²) >= 11 is 0. The molecule has 6 heteroatoms. The third kappa shape index (κ3) is 4.01. The lowest BCUT2D eigenvalue weighted by molar-refractivity contribution is 0.0949. The molecule has 28 heavy (non-hydrogen) atoms. The van der Waals surface area contributed by atoms with Crippen molar-refractivity contribution in [3.05, 3.63) is 75.7 Å². The van der Waals surface area contributed by atoms with Crippen LogP contribution in [-0.4, -0.2) is 21.9 Å². The fourth-order valence-electron chi connectivity index (χ4n) is 2.91. The summed E-state index contributed by atoms with van der Waals surface area (Å²) in [5.41, 5.74) is 4.61. The highest BCUT2D eigenvalue weighted by atomic mass is 16.2. The highest BCUT2D eigenvalue weighted by molar-refractivity contribution is 6.04. The molecule has 0 unspecified atom stereocenters. The maximum Gasteiger partial charge on any atom is 0.292 e. The van der Waals surface area contributed by atoms with Gasteiger partial charge in [-0.1, -0.05) is 56.3 Å². The van der Waals surface area contributed by atoms with Crippen molar-refractivity contribution < 1.29 is 4.79 Å². The molecule has 0 spiro atoms. The van der Waals surface area contributed by atoms with Crippen molar-refractivity contribution >= 4 is 22.9 Å². The summed E-state index contributed by atoms with van der Waals surface area (Å²) in [7, 11) is 0. The van der Waals surface area contributed by atoms with Gasteiger partial charge in [0.15, 0.2) is 5.69 Å². The Bertz CT molecular complexity index is 1080. The molecule has 3 rings (SSSR count). The molecule has 2 aromatic carbocycles. The van der Waals surface area contributed by atoms with Gasteiger partial charge in [0.1, 0.15) is 0 Å². The number of amides is 1. The zero-order chi connectivity index (χ0) is 20.3. The van der Waals surface area contributed by atoms with Gasteiger partial charge < -0.3 is 0 Å². The maximum atomic E-state index is 12.7. The van der Waals surface area contributed by atoms with Crippen molar-refractivity contribution in [3.8, 4) is 0 Å². The first-order valence-electron chi connectivity index (χ1n) is 9.33. The lowest BCUT2D eigenvalue weighted by atomic mass is 10.0. The summed E-state index contributed by atoms with van der Waals surface area (Å²) in [6.45, 7) is 7.97. The van der Waals surface area contributed by atoms with Crippen LogP contribution in [0.5, 0.6) is 0 Å². The van der Waals surface area contributed by atoms with E-state index in [4.69, 9.17) is 0 Å². The second-order valence-electron chi connectivity index (χ2n) is 7.26. The molecular weight excluding hydrogens is 352 g/mol. The van der Waals surface area contributed by atoms with Gasteiger partial charge in [-0.05, 0) is 37.0 Å². The lowest BCUT2D eigenvalue weighted by Gasteiger charge is -2.12. The van der Waals surface area contributed by atoms with Gasteiger partial charge in [0, 0.05) is 5.39 Å². The first-order chi connectivity index (χ1) is 13.4. The number of nitrogens with zero attached hydrogens (tertiary/aromatic N) is 3. The van der Waals surface area contributed by atoms with E-state index in [2.05, 4.69) is 29.5 Å². The van der Waals surface area contributed by atoms with Gasteiger partial charge in [0.25, 0.3) is 11.5 Å². The largest absolute Gasteiger partial charge is 0.292 e. The molecule has 0 bridgehead atoms. The topological polar surface area (TPSA) is 76.3 Å². The van der Waals surface area contributed by atoms with E-state index in [1.165, 1.54) is 10.2 Å². The molecule has 0 radical (unpaired) electrons. The minimum atomic E-state index is -0.458. The van der Waals surface area contributed by atoms with Crippen molar-refractivity contribution in [2.75, 3.05) is 0 Å². The molecular formula is C22H24N4O2. The van der Waals surface area contributed by atoms with Crippen LogP contribution in [-0.2, 0) is 0 Å². The third-order valence-electron chi connectivity index (χ3n) is 4.52. The molecule has 6 nitrogen and oxygen atoms in total. The van der Waals surface area contributed by atoms with E-state index >= 15 is 0 Å². The molecule has 0 aliphatic heterocycles. The van der Waals surface area contributed by atoms with Crippen LogP contribution in [0, 0.1) is 0 Å². The number of hydrogen-bond acceptors (Lipinski definition) is 4. The minimum absolute atomic E-state index is 0.161. The Hall–Kier alpha value is -3.28. The van der Waals surface area contributed by atoms with E-state index in [1.807, 2.05) is 38.1 Å². The molecule has 0 aliphatic rings. The molecule has 144 valence electrons. The van der Waals surface area contributed by atoms with Gasteiger partial charge in [0.2, 0.25) is 0 Å². The Morgan fingerprint density at radius 3 is 2.29 bits per heavy atom. The molecule has 0 atom stereocenters. The summed E-state index contributed by atoms with van der Waals surface area (Å²) in [4.78, 5) is 25.2. The monoisotopic (exact) mass is 376 g/mol.